The Balaban J connectivity index is 1.30. The maximum atomic E-state index is 12.7. The molecular formula is C25H23Cl2N7O3. The van der Waals surface area contributed by atoms with E-state index in [1.165, 1.54) is 0 Å². The predicted molar refractivity (Wildman–Crippen MR) is 142 cm³/mol. The quantitative estimate of drug-likeness (QED) is 0.390. The van der Waals surface area contributed by atoms with Crippen molar-refractivity contribution in [1.82, 2.24) is 24.8 Å². The number of nitrogens with zero attached hydrogens (tertiary/aromatic N) is 6. The average molecular weight is 540 g/mol. The fourth-order valence-electron chi connectivity index (χ4n) is 4.03. The number of rotatable bonds is 6. The van der Waals surface area contributed by atoms with Crippen LogP contribution in [0, 0.1) is 0 Å². The maximum Gasteiger partial charge on any atom is 0.260 e. The Kier molecular flexibility index (Phi) is 7.11. The normalized spacial score (nSPS) is 13.6. The van der Waals surface area contributed by atoms with Gasteiger partial charge in [-0.1, -0.05) is 23.2 Å². The van der Waals surface area contributed by atoms with Gasteiger partial charge in [-0.05, 0) is 42.5 Å². The van der Waals surface area contributed by atoms with Crippen molar-refractivity contribution in [2.45, 2.75) is 0 Å². The number of halogens is 2. The number of ether oxygens (including phenoxy) is 2. The number of nitrogen functional groups attached to an aromatic ring is 1. The fraction of sp³-hybridized carbons (Fsp3) is 0.240. The lowest BCUT2D eigenvalue weighted by Crippen LogP contribution is -2.50. The SMILES string of the molecule is COc1ccc(OCC(=O)N2CCN(c3nc(N)nc4ncc(-c5ccc(Cl)cc5Cl)nc34)CC2)cc1. The van der Waals surface area contributed by atoms with E-state index in [0.717, 1.165) is 5.75 Å². The smallest absolute Gasteiger partial charge is 0.260 e. The third-order valence-electron chi connectivity index (χ3n) is 5.97. The van der Waals surface area contributed by atoms with Gasteiger partial charge in [-0.3, -0.25) is 4.79 Å². The first kappa shape index (κ1) is 24.8. The Bertz CT molecular complexity index is 1440. The van der Waals surface area contributed by atoms with Crippen molar-refractivity contribution in [3.05, 3.63) is 58.7 Å². The number of piperazine rings is 1. The lowest BCUT2D eigenvalue weighted by Gasteiger charge is -2.35. The lowest BCUT2D eigenvalue weighted by molar-refractivity contribution is -0.133. The van der Waals surface area contributed by atoms with Crippen LogP contribution in [0.4, 0.5) is 11.8 Å². The summed E-state index contributed by atoms with van der Waals surface area (Å²) in [4.78, 5) is 34.4. The molecule has 0 aliphatic carbocycles. The highest BCUT2D eigenvalue weighted by molar-refractivity contribution is 6.36. The number of carbonyl (C=O) groups is 1. The summed E-state index contributed by atoms with van der Waals surface area (Å²) in [6.07, 6.45) is 1.59. The number of amides is 1. The number of anilines is 2. The molecule has 1 saturated heterocycles. The number of hydrogen-bond acceptors (Lipinski definition) is 9. The molecule has 10 nitrogen and oxygen atoms in total. The molecule has 3 heterocycles. The van der Waals surface area contributed by atoms with Gasteiger partial charge in [0.15, 0.2) is 23.6 Å². The summed E-state index contributed by atoms with van der Waals surface area (Å²) in [5.74, 6) is 1.89. The van der Waals surface area contributed by atoms with Crippen LogP contribution in [0.15, 0.2) is 48.7 Å². The van der Waals surface area contributed by atoms with Gasteiger partial charge in [0.25, 0.3) is 5.91 Å². The van der Waals surface area contributed by atoms with Gasteiger partial charge in [-0.2, -0.15) is 9.97 Å². The monoisotopic (exact) mass is 539 g/mol. The molecule has 37 heavy (non-hydrogen) atoms. The molecule has 0 saturated carbocycles. The highest BCUT2D eigenvalue weighted by Gasteiger charge is 2.25. The Hall–Kier alpha value is -3.89. The first-order valence-electron chi connectivity index (χ1n) is 11.5. The molecule has 5 rings (SSSR count). The number of fused-ring (bicyclic) bond motifs is 1. The van der Waals surface area contributed by atoms with Crippen LogP contribution in [0.1, 0.15) is 0 Å². The summed E-state index contributed by atoms with van der Waals surface area (Å²) >= 11 is 12.4. The Morgan fingerprint density at radius 3 is 2.43 bits per heavy atom. The van der Waals surface area contributed by atoms with Gasteiger partial charge in [0, 0.05) is 36.8 Å². The van der Waals surface area contributed by atoms with E-state index >= 15 is 0 Å². The third-order valence-corrected chi connectivity index (χ3v) is 6.51. The second-order valence-electron chi connectivity index (χ2n) is 8.29. The first-order chi connectivity index (χ1) is 17.9. The van der Waals surface area contributed by atoms with E-state index < -0.39 is 0 Å². The third kappa shape index (κ3) is 5.45. The molecule has 0 unspecified atom stereocenters. The molecule has 2 aromatic heterocycles. The molecule has 190 valence electrons. The van der Waals surface area contributed by atoms with Crippen molar-refractivity contribution < 1.29 is 14.3 Å². The van der Waals surface area contributed by atoms with E-state index in [0.29, 0.717) is 70.2 Å². The summed E-state index contributed by atoms with van der Waals surface area (Å²) in [6, 6.07) is 12.3. The van der Waals surface area contributed by atoms with Crippen molar-refractivity contribution in [1.29, 1.82) is 0 Å². The zero-order valence-electron chi connectivity index (χ0n) is 19.9. The van der Waals surface area contributed by atoms with Crippen molar-refractivity contribution in [2.24, 2.45) is 0 Å². The molecule has 0 spiro atoms. The van der Waals surface area contributed by atoms with Gasteiger partial charge < -0.3 is 25.0 Å². The number of benzene rings is 2. The molecule has 0 atom stereocenters. The van der Waals surface area contributed by atoms with Crippen LogP contribution in [-0.2, 0) is 4.79 Å². The Morgan fingerprint density at radius 1 is 1.00 bits per heavy atom. The van der Waals surface area contributed by atoms with Crippen molar-refractivity contribution in [3.63, 3.8) is 0 Å². The minimum atomic E-state index is -0.0954. The van der Waals surface area contributed by atoms with Crippen molar-refractivity contribution in [2.75, 3.05) is 50.5 Å². The van der Waals surface area contributed by atoms with Gasteiger partial charge >= 0.3 is 0 Å². The maximum absolute atomic E-state index is 12.7. The van der Waals surface area contributed by atoms with Crippen LogP contribution >= 0.6 is 23.2 Å². The second kappa shape index (κ2) is 10.6. The van der Waals surface area contributed by atoms with Crippen LogP contribution in [0.5, 0.6) is 11.5 Å². The molecule has 0 radical (unpaired) electrons. The van der Waals surface area contributed by atoms with Crippen LogP contribution < -0.4 is 20.1 Å². The molecule has 1 fully saturated rings. The molecule has 12 heteroatoms. The molecule has 1 amide bonds. The molecule has 0 bridgehead atoms. The lowest BCUT2D eigenvalue weighted by atomic mass is 10.1. The summed E-state index contributed by atoms with van der Waals surface area (Å²) in [5.41, 5.74) is 8.10. The van der Waals surface area contributed by atoms with Crippen molar-refractivity contribution >= 4 is 52.0 Å². The molecular weight excluding hydrogens is 517 g/mol. The number of hydrogen-bond donors (Lipinski definition) is 1. The number of nitrogens with two attached hydrogens (primary N) is 1. The highest BCUT2D eigenvalue weighted by atomic mass is 35.5. The van der Waals surface area contributed by atoms with Gasteiger partial charge in [0.2, 0.25) is 5.95 Å². The van der Waals surface area contributed by atoms with E-state index in [1.807, 2.05) is 4.90 Å². The molecule has 4 aromatic rings. The van der Waals surface area contributed by atoms with E-state index in [1.54, 1.807) is 60.7 Å². The van der Waals surface area contributed by atoms with Crippen LogP contribution in [-0.4, -0.2) is 70.6 Å². The minimum absolute atomic E-state index is 0.0492. The van der Waals surface area contributed by atoms with Crippen LogP contribution in [0.3, 0.4) is 0 Å². The summed E-state index contributed by atoms with van der Waals surface area (Å²) in [6.45, 7) is 2.01. The fourth-order valence-corrected chi connectivity index (χ4v) is 4.54. The molecule has 2 aromatic carbocycles. The van der Waals surface area contributed by atoms with Crippen LogP contribution in [0.2, 0.25) is 10.0 Å². The van der Waals surface area contributed by atoms with E-state index in [2.05, 4.69) is 15.0 Å². The zero-order valence-corrected chi connectivity index (χ0v) is 21.4. The van der Waals surface area contributed by atoms with E-state index in [9.17, 15) is 4.79 Å². The number of aromatic nitrogens is 4. The zero-order chi connectivity index (χ0) is 25.9. The van der Waals surface area contributed by atoms with Gasteiger partial charge in [0.05, 0.1) is 24.0 Å². The van der Waals surface area contributed by atoms with Crippen LogP contribution in [0.25, 0.3) is 22.4 Å². The highest BCUT2D eigenvalue weighted by Crippen LogP contribution is 2.31. The van der Waals surface area contributed by atoms with Gasteiger partial charge in [-0.15, -0.1) is 0 Å². The Labute approximate surface area is 223 Å². The predicted octanol–water partition coefficient (Wildman–Crippen LogP) is 3.71. The number of methoxy groups -OCH3 is 1. The van der Waals surface area contributed by atoms with Crippen molar-refractivity contribution in [3.8, 4) is 22.8 Å². The summed E-state index contributed by atoms with van der Waals surface area (Å²) in [5, 5.41) is 0.990. The average Bonchev–Trinajstić information content (AvgIpc) is 2.91. The summed E-state index contributed by atoms with van der Waals surface area (Å²) in [7, 11) is 1.60. The minimum Gasteiger partial charge on any atom is -0.497 e. The Morgan fingerprint density at radius 2 is 1.73 bits per heavy atom. The number of carbonyl (C=O) groups excluding carboxylic acids is 1. The van der Waals surface area contributed by atoms with E-state index in [-0.39, 0.29) is 18.5 Å². The molecule has 1 aliphatic heterocycles. The van der Waals surface area contributed by atoms with E-state index in [4.69, 9.17) is 43.4 Å². The standard InChI is InChI=1S/C25H23Cl2N7O3/c1-36-16-3-5-17(6-4-16)37-14-21(35)33-8-10-34(11-9-33)24-22-23(31-25(28)32-24)29-13-20(30-22)18-7-2-15(26)12-19(18)27/h2-7,12-13H,8-11,14H2,1H3,(H2,28,29,31,32). The molecule has 2 N–H and O–H groups in total. The first-order valence-corrected chi connectivity index (χ1v) is 12.2. The topological polar surface area (TPSA) is 120 Å². The van der Waals surface area contributed by atoms with Gasteiger partial charge in [-0.25, -0.2) is 9.97 Å². The van der Waals surface area contributed by atoms with Gasteiger partial charge in [0.1, 0.15) is 11.5 Å². The second-order valence-corrected chi connectivity index (χ2v) is 9.13. The molecule has 1 aliphatic rings. The largest absolute Gasteiger partial charge is 0.497 e. The summed E-state index contributed by atoms with van der Waals surface area (Å²) < 4.78 is 10.8.